The van der Waals surface area contributed by atoms with Crippen molar-refractivity contribution >= 4 is 15.8 Å². The molecular weight excluding hydrogens is 284 g/mol. The number of carbonyl (C=O) groups is 1. The molecule has 2 rings (SSSR count). The number of hydrogen-bond donors (Lipinski definition) is 1. The van der Waals surface area contributed by atoms with Crippen molar-refractivity contribution < 1.29 is 22.8 Å². The molecule has 0 spiro atoms. The predicted octanol–water partition coefficient (Wildman–Crippen LogP) is 1.30. The third kappa shape index (κ3) is 2.85. The quantitative estimate of drug-likeness (QED) is 0.885. The fourth-order valence-corrected chi connectivity index (χ4v) is 2.97. The maximum atomic E-state index is 12.2. The van der Waals surface area contributed by atoms with Crippen LogP contribution < -0.4 is 0 Å². The first kappa shape index (κ1) is 14.2. The maximum Gasteiger partial charge on any atom is 0.336 e. The topological polar surface area (TPSA) is 110 Å². The zero-order valence-electron chi connectivity index (χ0n) is 10.6. The molecule has 0 saturated carbocycles. The molecule has 7 nitrogen and oxygen atoms in total. The number of hydrogen-bond acceptors (Lipinski definition) is 6. The molecule has 0 atom stereocenters. The minimum absolute atomic E-state index is 0.0123. The Bertz CT molecular complexity index is 722. The summed E-state index contributed by atoms with van der Waals surface area (Å²) >= 11 is 0. The molecule has 1 aromatic carbocycles. The minimum Gasteiger partial charge on any atom is -0.478 e. The Kier molecular flexibility index (Phi) is 3.84. The van der Waals surface area contributed by atoms with E-state index in [0.29, 0.717) is 12.0 Å². The Morgan fingerprint density at radius 2 is 2.15 bits per heavy atom. The van der Waals surface area contributed by atoms with Crippen LogP contribution in [0.1, 0.15) is 28.7 Å². The number of aromatic carboxylic acids is 1. The summed E-state index contributed by atoms with van der Waals surface area (Å²) in [5.41, 5.74) is 0.567. The van der Waals surface area contributed by atoms with E-state index >= 15 is 0 Å². The highest BCUT2D eigenvalue weighted by Crippen LogP contribution is 2.20. The van der Waals surface area contributed by atoms with Crippen molar-refractivity contribution in [1.29, 1.82) is 0 Å². The number of nitrogens with zero attached hydrogens (tertiary/aromatic N) is 2. The van der Waals surface area contributed by atoms with Crippen molar-refractivity contribution in [2.45, 2.75) is 24.0 Å². The molecule has 0 fully saturated rings. The highest BCUT2D eigenvalue weighted by Gasteiger charge is 2.21. The summed E-state index contributed by atoms with van der Waals surface area (Å²) in [7, 11) is -3.71. The summed E-state index contributed by atoms with van der Waals surface area (Å²) in [6, 6.07) is 4.06. The first-order valence-corrected chi connectivity index (χ1v) is 7.43. The highest BCUT2D eigenvalue weighted by atomic mass is 32.2. The van der Waals surface area contributed by atoms with Gasteiger partial charge in [-0.25, -0.2) is 13.2 Å². The second-order valence-electron chi connectivity index (χ2n) is 4.08. The first-order chi connectivity index (χ1) is 9.44. The lowest BCUT2D eigenvalue weighted by molar-refractivity contribution is 0.0695. The average molecular weight is 296 g/mol. The van der Waals surface area contributed by atoms with E-state index in [1.165, 1.54) is 12.1 Å². The van der Waals surface area contributed by atoms with Gasteiger partial charge in [0.25, 0.3) is 0 Å². The summed E-state index contributed by atoms with van der Waals surface area (Å²) in [4.78, 5) is 14.7. The predicted molar refractivity (Wildman–Crippen MR) is 68.0 cm³/mol. The minimum atomic E-state index is -3.71. The van der Waals surface area contributed by atoms with Gasteiger partial charge in [-0.1, -0.05) is 18.1 Å². The number of aromatic nitrogens is 2. The van der Waals surface area contributed by atoms with Crippen LogP contribution in [0.15, 0.2) is 34.0 Å². The van der Waals surface area contributed by atoms with Gasteiger partial charge in [-0.2, -0.15) is 4.98 Å². The fraction of sp³-hybridized carbons (Fsp3) is 0.250. The van der Waals surface area contributed by atoms with Crippen molar-refractivity contribution in [2.24, 2.45) is 0 Å². The third-order valence-corrected chi connectivity index (χ3v) is 4.39. The van der Waals surface area contributed by atoms with E-state index in [9.17, 15) is 13.2 Å². The van der Waals surface area contributed by atoms with Crippen LogP contribution in [-0.4, -0.2) is 29.6 Å². The van der Waals surface area contributed by atoms with Crippen LogP contribution in [-0.2, 0) is 22.0 Å². The molecule has 0 aliphatic rings. The molecule has 1 aromatic heterocycles. The van der Waals surface area contributed by atoms with Gasteiger partial charge in [-0.15, -0.1) is 0 Å². The van der Waals surface area contributed by atoms with Crippen molar-refractivity contribution in [3.8, 4) is 0 Å². The number of sulfone groups is 1. The van der Waals surface area contributed by atoms with Gasteiger partial charge in [0, 0.05) is 0 Å². The van der Waals surface area contributed by atoms with Crippen LogP contribution in [0.2, 0.25) is 0 Å². The molecule has 0 saturated heterocycles. The van der Waals surface area contributed by atoms with E-state index in [1.807, 2.05) is 0 Å². The van der Waals surface area contributed by atoms with E-state index in [2.05, 4.69) is 14.7 Å². The second-order valence-corrected chi connectivity index (χ2v) is 6.07. The van der Waals surface area contributed by atoms with E-state index in [1.54, 1.807) is 6.92 Å². The fourth-order valence-electron chi connectivity index (χ4n) is 1.77. The summed E-state index contributed by atoms with van der Waals surface area (Å²) < 4.78 is 28.8. The molecule has 0 unspecified atom stereocenters. The van der Waals surface area contributed by atoms with E-state index in [0.717, 1.165) is 12.5 Å². The normalized spacial score (nSPS) is 11.4. The van der Waals surface area contributed by atoms with Crippen LogP contribution in [0.4, 0.5) is 0 Å². The maximum absolute atomic E-state index is 12.2. The molecule has 106 valence electrons. The van der Waals surface area contributed by atoms with Crippen molar-refractivity contribution in [3.05, 3.63) is 41.5 Å². The molecule has 0 amide bonds. The summed E-state index contributed by atoms with van der Waals surface area (Å²) in [6.07, 6.45) is 1.54. The molecule has 1 N–H and O–H groups in total. The Hall–Kier alpha value is -2.22. The Labute approximate surface area is 115 Å². The molecule has 0 bridgehead atoms. The van der Waals surface area contributed by atoms with Gasteiger partial charge in [0.2, 0.25) is 6.39 Å². The van der Waals surface area contributed by atoms with Crippen molar-refractivity contribution in [1.82, 2.24) is 10.1 Å². The zero-order valence-corrected chi connectivity index (χ0v) is 11.4. The zero-order chi connectivity index (χ0) is 14.8. The van der Waals surface area contributed by atoms with E-state index in [-0.39, 0.29) is 16.3 Å². The number of carboxylic acids is 1. The number of rotatable bonds is 5. The van der Waals surface area contributed by atoms with Crippen LogP contribution in [0.25, 0.3) is 0 Å². The standard InChI is InChI=1S/C12H12N2O5S/c1-2-8-3-4-9(5-10(8)12(15)16)20(17,18)6-11-13-7-19-14-11/h3-5,7H,2,6H2,1H3,(H,15,16). The Morgan fingerprint density at radius 1 is 1.40 bits per heavy atom. The van der Waals surface area contributed by atoms with Gasteiger partial charge in [-0.3, -0.25) is 0 Å². The largest absolute Gasteiger partial charge is 0.478 e. The lowest BCUT2D eigenvalue weighted by Crippen LogP contribution is -2.09. The lowest BCUT2D eigenvalue weighted by Gasteiger charge is -2.07. The SMILES string of the molecule is CCc1ccc(S(=O)(=O)Cc2ncon2)cc1C(=O)O. The van der Waals surface area contributed by atoms with Gasteiger partial charge in [0.15, 0.2) is 15.7 Å². The molecular formula is C12H12N2O5S. The Balaban J connectivity index is 2.42. The number of carboxylic acid groups (broad SMARTS) is 1. The summed E-state index contributed by atoms with van der Waals surface area (Å²) in [6.45, 7) is 1.80. The molecule has 1 heterocycles. The summed E-state index contributed by atoms with van der Waals surface area (Å²) in [5.74, 6) is -1.56. The third-order valence-electron chi connectivity index (χ3n) is 2.78. The Morgan fingerprint density at radius 3 is 2.70 bits per heavy atom. The monoisotopic (exact) mass is 296 g/mol. The molecule has 8 heteroatoms. The first-order valence-electron chi connectivity index (χ1n) is 5.78. The molecule has 0 radical (unpaired) electrons. The van der Waals surface area contributed by atoms with Crippen LogP contribution >= 0.6 is 0 Å². The van der Waals surface area contributed by atoms with Gasteiger partial charge in [0.1, 0.15) is 5.75 Å². The van der Waals surface area contributed by atoms with Gasteiger partial charge >= 0.3 is 5.97 Å². The molecule has 0 aliphatic carbocycles. The number of aryl methyl sites for hydroxylation is 1. The van der Waals surface area contributed by atoms with Crippen LogP contribution in [0, 0.1) is 0 Å². The molecule has 2 aromatic rings. The summed E-state index contributed by atoms with van der Waals surface area (Å²) in [5, 5.41) is 12.5. The van der Waals surface area contributed by atoms with Gasteiger partial charge in [0.05, 0.1) is 10.5 Å². The smallest absolute Gasteiger partial charge is 0.336 e. The van der Waals surface area contributed by atoms with E-state index in [4.69, 9.17) is 5.11 Å². The lowest BCUT2D eigenvalue weighted by atomic mass is 10.1. The van der Waals surface area contributed by atoms with Gasteiger partial charge in [-0.05, 0) is 24.1 Å². The van der Waals surface area contributed by atoms with Gasteiger partial charge < -0.3 is 9.63 Å². The molecule has 20 heavy (non-hydrogen) atoms. The van der Waals surface area contributed by atoms with Crippen LogP contribution in [0.5, 0.6) is 0 Å². The number of benzene rings is 1. The second kappa shape index (κ2) is 5.41. The molecule has 0 aliphatic heterocycles. The van der Waals surface area contributed by atoms with E-state index < -0.39 is 21.6 Å². The van der Waals surface area contributed by atoms with Crippen molar-refractivity contribution in [2.75, 3.05) is 0 Å². The van der Waals surface area contributed by atoms with Crippen LogP contribution in [0.3, 0.4) is 0 Å². The average Bonchev–Trinajstić information content (AvgIpc) is 2.89. The van der Waals surface area contributed by atoms with Crippen molar-refractivity contribution in [3.63, 3.8) is 0 Å². The highest BCUT2D eigenvalue weighted by molar-refractivity contribution is 7.90.